The molecule has 0 radical (unpaired) electrons. The van der Waals surface area contributed by atoms with Crippen molar-refractivity contribution in [2.24, 2.45) is 0 Å². The number of fused-ring (bicyclic) bond motifs is 10. The maximum absolute atomic E-state index is 5.20. The first-order valence-corrected chi connectivity index (χ1v) is 14.9. The van der Waals surface area contributed by atoms with Gasteiger partial charge in [0.1, 0.15) is 0 Å². The zero-order chi connectivity index (χ0) is 29.4. The number of nitrogens with zero attached hydrogens (tertiary/aromatic N) is 5. The van der Waals surface area contributed by atoms with E-state index in [0.29, 0.717) is 17.6 Å². The first-order valence-electron chi connectivity index (χ1n) is 14.9. The first kappa shape index (κ1) is 24.9. The molecule has 3 heterocycles. The molecule has 0 spiro atoms. The molecule has 1 aliphatic carbocycles. The van der Waals surface area contributed by atoms with Crippen LogP contribution in [0.4, 0.5) is 0 Å². The van der Waals surface area contributed by atoms with Gasteiger partial charge >= 0.3 is 0 Å². The monoisotopic (exact) mass is 565 g/mol. The summed E-state index contributed by atoms with van der Waals surface area (Å²) in [7, 11) is 0. The van der Waals surface area contributed by atoms with Crippen molar-refractivity contribution in [2.45, 2.75) is 19.3 Å². The average molecular weight is 566 g/mol. The van der Waals surface area contributed by atoms with Gasteiger partial charge in [0.25, 0.3) is 0 Å². The van der Waals surface area contributed by atoms with Crippen LogP contribution >= 0.6 is 0 Å². The third-order valence-electron chi connectivity index (χ3n) is 9.10. The van der Waals surface area contributed by atoms with E-state index in [2.05, 4.69) is 102 Å². The molecule has 0 saturated heterocycles. The molecule has 0 N–H and O–H groups in total. The minimum absolute atomic E-state index is 0.278. The minimum atomic E-state index is -0.278. The van der Waals surface area contributed by atoms with Crippen molar-refractivity contribution in [3.8, 4) is 39.9 Å². The molecule has 44 heavy (non-hydrogen) atoms. The molecular formula is C39H27N5. The highest BCUT2D eigenvalue weighted by atomic mass is 15.2. The van der Waals surface area contributed by atoms with Crippen LogP contribution in [0.25, 0.3) is 72.4 Å². The molecule has 5 aromatic carbocycles. The normalized spacial score (nSPS) is 13.4. The second kappa shape index (κ2) is 9.16. The molecule has 5 heteroatoms. The molecule has 5 nitrogen and oxygen atoms in total. The van der Waals surface area contributed by atoms with Gasteiger partial charge in [-0.05, 0) is 39.6 Å². The lowest BCUT2D eigenvalue weighted by Crippen LogP contribution is -2.17. The molecule has 0 amide bonds. The summed E-state index contributed by atoms with van der Waals surface area (Å²) in [4.78, 5) is 20.0. The van der Waals surface area contributed by atoms with Gasteiger partial charge in [-0.3, -0.25) is 9.55 Å². The standard InChI is InChI=1S/C39H27N5/c1-39(2)30-21-22-40-23-29(30)32-26-17-9-10-18-27(26)33-28-19-11-12-20-31(28)44(35(33)34(32)39)38-42-36(24-13-5-3-6-14-24)41-37(43-38)25-15-7-4-8-16-25/h3-23H,1-2H3. The van der Waals surface area contributed by atoms with Gasteiger partial charge in [0.15, 0.2) is 11.6 Å². The summed E-state index contributed by atoms with van der Waals surface area (Å²) < 4.78 is 2.28. The van der Waals surface area contributed by atoms with E-state index in [4.69, 9.17) is 15.0 Å². The van der Waals surface area contributed by atoms with E-state index in [1.165, 1.54) is 43.8 Å². The second-order valence-corrected chi connectivity index (χ2v) is 11.9. The molecule has 8 aromatic rings. The molecule has 0 unspecified atom stereocenters. The summed E-state index contributed by atoms with van der Waals surface area (Å²) in [5.74, 6) is 1.89. The van der Waals surface area contributed by atoms with Crippen LogP contribution in [0.3, 0.4) is 0 Å². The summed E-state index contributed by atoms with van der Waals surface area (Å²) in [6.45, 7) is 4.65. The van der Waals surface area contributed by atoms with Gasteiger partial charge in [-0.2, -0.15) is 9.97 Å². The second-order valence-electron chi connectivity index (χ2n) is 11.9. The Hall–Kier alpha value is -5.68. The van der Waals surface area contributed by atoms with Crippen LogP contribution in [-0.2, 0) is 5.41 Å². The Kier molecular flexibility index (Phi) is 5.18. The van der Waals surface area contributed by atoms with Crippen molar-refractivity contribution in [1.29, 1.82) is 0 Å². The fourth-order valence-corrected chi connectivity index (χ4v) is 7.19. The molecule has 0 atom stereocenters. The van der Waals surface area contributed by atoms with Gasteiger partial charge in [-0.1, -0.05) is 117 Å². The van der Waals surface area contributed by atoms with Gasteiger partial charge in [0.05, 0.1) is 11.0 Å². The maximum Gasteiger partial charge on any atom is 0.238 e. The zero-order valence-corrected chi connectivity index (χ0v) is 24.4. The Labute approximate surface area is 254 Å². The van der Waals surface area contributed by atoms with Crippen molar-refractivity contribution in [2.75, 3.05) is 0 Å². The molecule has 0 bridgehead atoms. The molecule has 9 rings (SSSR count). The molecular weight excluding hydrogens is 538 g/mol. The number of para-hydroxylation sites is 1. The summed E-state index contributed by atoms with van der Waals surface area (Å²) >= 11 is 0. The number of rotatable bonds is 3. The molecule has 1 aliphatic rings. The molecule has 3 aromatic heterocycles. The number of benzene rings is 5. The summed E-state index contributed by atoms with van der Waals surface area (Å²) in [6, 6.07) is 39.9. The number of hydrogen-bond donors (Lipinski definition) is 0. The van der Waals surface area contributed by atoms with E-state index in [9.17, 15) is 0 Å². The van der Waals surface area contributed by atoms with Gasteiger partial charge < -0.3 is 0 Å². The fraction of sp³-hybridized carbons (Fsp3) is 0.0769. The highest BCUT2D eigenvalue weighted by Crippen LogP contribution is 2.55. The van der Waals surface area contributed by atoms with Crippen LogP contribution in [-0.4, -0.2) is 24.5 Å². The highest BCUT2D eigenvalue weighted by molar-refractivity contribution is 6.26. The number of pyridine rings is 1. The van der Waals surface area contributed by atoms with Gasteiger partial charge in [-0.15, -0.1) is 0 Å². The Morgan fingerprint density at radius 1 is 0.591 bits per heavy atom. The summed E-state index contributed by atoms with van der Waals surface area (Å²) in [5, 5.41) is 4.84. The third-order valence-corrected chi connectivity index (χ3v) is 9.10. The van der Waals surface area contributed by atoms with Crippen LogP contribution < -0.4 is 0 Å². The average Bonchev–Trinajstić information content (AvgIpc) is 3.55. The van der Waals surface area contributed by atoms with Gasteiger partial charge in [0.2, 0.25) is 5.95 Å². The molecule has 0 aliphatic heterocycles. The van der Waals surface area contributed by atoms with Crippen molar-refractivity contribution in [1.82, 2.24) is 24.5 Å². The first-order chi connectivity index (χ1) is 21.6. The Morgan fingerprint density at radius 3 is 1.86 bits per heavy atom. The smallest absolute Gasteiger partial charge is 0.238 e. The lowest BCUT2D eigenvalue weighted by Gasteiger charge is -2.24. The van der Waals surface area contributed by atoms with Crippen LogP contribution in [0.2, 0.25) is 0 Å². The number of hydrogen-bond acceptors (Lipinski definition) is 4. The zero-order valence-electron chi connectivity index (χ0n) is 24.4. The van der Waals surface area contributed by atoms with Crippen LogP contribution in [0.1, 0.15) is 25.0 Å². The van der Waals surface area contributed by atoms with Crippen LogP contribution in [0, 0.1) is 0 Å². The Morgan fingerprint density at radius 2 is 1.18 bits per heavy atom. The van der Waals surface area contributed by atoms with E-state index in [-0.39, 0.29) is 5.41 Å². The molecule has 208 valence electrons. The lowest BCUT2D eigenvalue weighted by atomic mass is 9.81. The van der Waals surface area contributed by atoms with E-state index < -0.39 is 0 Å². The highest BCUT2D eigenvalue weighted by Gasteiger charge is 2.40. The third kappa shape index (κ3) is 3.41. The van der Waals surface area contributed by atoms with Crippen molar-refractivity contribution < 1.29 is 0 Å². The molecule has 0 fully saturated rings. The predicted molar refractivity (Wildman–Crippen MR) is 178 cm³/mol. The minimum Gasteiger partial charge on any atom is -0.277 e. The van der Waals surface area contributed by atoms with Crippen molar-refractivity contribution >= 4 is 32.6 Å². The SMILES string of the molecule is CC1(C)c2ccncc2-c2c1c1c(c3ccccc23)c2ccccc2n1-c1nc(-c2ccccc2)nc(-c2ccccc2)n1. The van der Waals surface area contributed by atoms with E-state index in [1.807, 2.05) is 48.8 Å². The topological polar surface area (TPSA) is 56.5 Å². The quantitative estimate of drug-likeness (QED) is 0.214. The number of aromatic nitrogens is 5. The maximum atomic E-state index is 5.20. The lowest BCUT2D eigenvalue weighted by molar-refractivity contribution is 0.663. The van der Waals surface area contributed by atoms with E-state index in [0.717, 1.165) is 22.2 Å². The Bertz CT molecular complexity index is 2350. The van der Waals surface area contributed by atoms with Gasteiger partial charge in [-0.25, -0.2) is 4.98 Å². The van der Waals surface area contributed by atoms with Crippen LogP contribution in [0.5, 0.6) is 0 Å². The van der Waals surface area contributed by atoms with Gasteiger partial charge in [0, 0.05) is 45.3 Å². The summed E-state index contributed by atoms with van der Waals surface area (Å²) in [6.07, 6.45) is 3.93. The van der Waals surface area contributed by atoms with Crippen molar-refractivity contribution in [3.63, 3.8) is 0 Å². The predicted octanol–water partition coefficient (Wildman–Crippen LogP) is 9.16. The van der Waals surface area contributed by atoms with E-state index >= 15 is 0 Å². The Balaban J connectivity index is 1.49. The van der Waals surface area contributed by atoms with E-state index in [1.54, 1.807) is 0 Å². The van der Waals surface area contributed by atoms with Crippen molar-refractivity contribution in [3.05, 3.63) is 139 Å². The van der Waals surface area contributed by atoms with Crippen LogP contribution in [0.15, 0.2) is 128 Å². The summed E-state index contributed by atoms with van der Waals surface area (Å²) in [5.41, 5.74) is 8.79. The molecule has 0 saturated carbocycles. The fourth-order valence-electron chi connectivity index (χ4n) is 7.19. The largest absolute Gasteiger partial charge is 0.277 e.